The number of nitro benzene ring substituents is 1. The summed E-state index contributed by atoms with van der Waals surface area (Å²) in [6.45, 7) is 0. The van der Waals surface area contributed by atoms with Gasteiger partial charge in [-0.2, -0.15) is 21.6 Å². The summed E-state index contributed by atoms with van der Waals surface area (Å²) in [5.41, 5.74) is -1.72. The van der Waals surface area contributed by atoms with Crippen LogP contribution >= 0.6 is 0 Å². The van der Waals surface area contributed by atoms with Crippen LogP contribution in [0.5, 0.6) is 11.5 Å². The maximum Gasteiger partial charge on any atom is 0.416 e. The van der Waals surface area contributed by atoms with E-state index in [0.29, 0.717) is 12.1 Å². The first-order chi connectivity index (χ1) is 11.5. The van der Waals surface area contributed by atoms with Gasteiger partial charge in [0.25, 0.3) is 0 Å². The summed E-state index contributed by atoms with van der Waals surface area (Å²) in [6.07, 6.45) is -4.68. The summed E-state index contributed by atoms with van der Waals surface area (Å²) in [7, 11) is -3.42. The largest absolute Gasteiger partial charge is 0.490 e. The van der Waals surface area contributed by atoms with Crippen LogP contribution in [0, 0.1) is 10.1 Å². The van der Waals surface area contributed by atoms with Gasteiger partial charge in [0.05, 0.1) is 17.6 Å². The van der Waals surface area contributed by atoms with Gasteiger partial charge in [-0.1, -0.05) is 6.07 Å². The number of alkyl halides is 3. The Morgan fingerprint density at radius 1 is 1.12 bits per heavy atom. The molecule has 0 amide bonds. The van der Waals surface area contributed by atoms with Crippen LogP contribution in [0.3, 0.4) is 0 Å². The molecule has 11 heteroatoms. The molecule has 134 valence electrons. The van der Waals surface area contributed by atoms with Gasteiger partial charge in [-0.05, 0) is 30.3 Å². The van der Waals surface area contributed by atoms with Gasteiger partial charge in [0, 0.05) is 6.07 Å². The summed E-state index contributed by atoms with van der Waals surface area (Å²) in [5, 5.41) is 10.9. The molecule has 0 radical (unpaired) electrons. The molecule has 0 spiro atoms. The van der Waals surface area contributed by atoms with Gasteiger partial charge in [0.15, 0.2) is 5.75 Å². The van der Waals surface area contributed by atoms with Crippen LogP contribution in [-0.2, 0) is 16.3 Å². The Labute approximate surface area is 139 Å². The molecule has 7 nitrogen and oxygen atoms in total. The lowest BCUT2D eigenvalue weighted by atomic mass is 10.2. The van der Waals surface area contributed by atoms with Gasteiger partial charge < -0.3 is 8.92 Å². The molecule has 0 heterocycles. The van der Waals surface area contributed by atoms with Crippen molar-refractivity contribution in [3.05, 3.63) is 58.1 Å². The highest BCUT2D eigenvalue weighted by molar-refractivity contribution is 7.87. The van der Waals surface area contributed by atoms with Crippen molar-refractivity contribution in [2.75, 3.05) is 7.11 Å². The number of methoxy groups -OCH3 is 1. The Morgan fingerprint density at radius 3 is 2.36 bits per heavy atom. The molecule has 25 heavy (non-hydrogen) atoms. The number of nitrogens with zero attached hydrogens (tertiary/aromatic N) is 1. The number of halogens is 3. The van der Waals surface area contributed by atoms with Crippen LogP contribution in [0.25, 0.3) is 0 Å². The van der Waals surface area contributed by atoms with E-state index >= 15 is 0 Å². The number of ether oxygens (including phenoxy) is 1. The van der Waals surface area contributed by atoms with Crippen molar-refractivity contribution in [1.82, 2.24) is 0 Å². The SMILES string of the molecule is COc1ccc(S(=O)(=O)Oc2cccc(C(F)(F)F)c2)cc1[N+](=O)[O-]. The number of hydrogen-bond acceptors (Lipinski definition) is 6. The smallest absolute Gasteiger partial charge is 0.416 e. The molecule has 0 aliphatic carbocycles. The standard InChI is InChI=1S/C14H10F3NO6S/c1-23-13-6-5-11(8-12(13)18(19)20)25(21,22)24-10-4-2-3-9(7-10)14(15,16)17/h2-8H,1H3. The second-order valence-electron chi connectivity index (χ2n) is 4.65. The van der Waals surface area contributed by atoms with Crippen molar-refractivity contribution in [3.63, 3.8) is 0 Å². The number of benzene rings is 2. The first-order valence-corrected chi connectivity index (χ1v) is 7.89. The molecule has 2 aromatic rings. The molecule has 0 atom stereocenters. The molecule has 0 saturated carbocycles. The third-order valence-electron chi connectivity index (χ3n) is 3.00. The molecule has 2 rings (SSSR count). The molecule has 0 aliphatic rings. The Bertz CT molecular complexity index is 911. The molecular formula is C14H10F3NO6S. The minimum atomic E-state index is -4.68. The van der Waals surface area contributed by atoms with Crippen LogP contribution in [0.15, 0.2) is 47.4 Å². The van der Waals surface area contributed by atoms with Crippen LogP contribution in [-0.4, -0.2) is 20.5 Å². The average Bonchev–Trinajstić information content (AvgIpc) is 2.53. The Balaban J connectivity index is 2.40. The molecule has 0 N–H and O–H groups in total. The molecule has 0 saturated heterocycles. The first-order valence-electron chi connectivity index (χ1n) is 6.49. The second kappa shape index (κ2) is 6.59. The van der Waals surface area contributed by atoms with Gasteiger partial charge >= 0.3 is 22.0 Å². The van der Waals surface area contributed by atoms with E-state index < -0.39 is 43.1 Å². The number of nitro groups is 1. The van der Waals surface area contributed by atoms with Gasteiger partial charge in [0.2, 0.25) is 0 Å². The number of rotatable bonds is 5. The number of hydrogen-bond donors (Lipinski definition) is 0. The van der Waals surface area contributed by atoms with Crippen LogP contribution < -0.4 is 8.92 Å². The second-order valence-corrected chi connectivity index (χ2v) is 6.20. The summed E-state index contributed by atoms with van der Waals surface area (Å²) in [6, 6.07) is 5.97. The Kier molecular flexibility index (Phi) is 4.88. The van der Waals surface area contributed by atoms with Crippen molar-refractivity contribution in [3.8, 4) is 11.5 Å². The fourth-order valence-electron chi connectivity index (χ4n) is 1.87. The highest BCUT2D eigenvalue weighted by atomic mass is 32.2. The quantitative estimate of drug-likeness (QED) is 0.450. The van der Waals surface area contributed by atoms with Gasteiger partial charge in [-0.25, -0.2) is 0 Å². The highest BCUT2D eigenvalue weighted by Crippen LogP contribution is 2.33. The zero-order valence-electron chi connectivity index (χ0n) is 12.5. The van der Waals surface area contributed by atoms with Crippen molar-refractivity contribution in [1.29, 1.82) is 0 Å². The lowest BCUT2D eigenvalue weighted by Gasteiger charge is -2.10. The summed E-state index contributed by atoms with van der Waals surface area (Å²) < 4.78 is 71.7. The fourth-order valence-corrected chi connectivity index (χ4v) is 2.81. The molecule has 0 aliphatic heterocycles. The van der Waals surface area contributed by atoms with E-state index in [2.05, 4.69) is 4.18 Å². The van der Waals surface area contributed by atoms with Gasteiger partial charge in [-0.15, -0.1) is 0 Å². The van der Waals surface area contributed by atoms with Crippen molar-refractivity contribution in [2.45, 2.75) is 11.1 Å². The summed E-state index contributed by atoms with van der Waals surface area (Å²) in [5.74, 6) is -0.753. The van der Waals surface area contributed by atoms with E-state index in [0.717, 1.165) is 37.4 Å². The predicted octanol–water partition coefficient (Wildman–Crippen LogP) is 3.39. The molecular weight excluding hydrogens is 367 g/mol. The maximum absolute atomic E-state index is 12.7. The van der Waals surface area contributed by atoms with E-state index in [1.165, 1.54) is 0 Å². The fraction of sp³-hybridized carbons (Fsp3) is 0.143. The van der Waals surface area contributed by atoms with E-state index in [-0.39, 0.29) is 5.75 Å². The Hall–Kier alpha value is -2.82. The summed E-state index contributed by atoms with van der Waals surface area (Å²) >= 11 is 0. The molecule has 0 aromatic heterocycles. The van der Waals surface area contributed by atoms with E-state index in [9.17, 15) is 31.7 Å². The summed E-state index contributed by atoms with van der Waals surface area (Å²) in [4.78, 5) is 9.48. The van der Waals surface area contributed by atoms with E-state index in [1.54, 1.807) is 0 Å². The van der Waals surface area contributed by atoms with Crippen molar-refractivity contribution < 1.29 is 35.4 Å². The van der Waals surface area contributed by atoms with Crippen LogP contribution in [0.2, 0.25) is 0 Å². The molecule has 0 bridgehead atoms. The third-order valence-corrected chi connectivity index (χ3v) is 4.25. The topological polar surface area (TPSA) is 95.7 Å². The minimum absolute atomic E-state index is 0.178. The van der Waals surface area contributed by atoms with E-state index in [4.69, 9.17) is 4.74 Å². The Morgan fingerprint density at radius 2 is 1.80 bits per heavy atom. The first kappa shape index (κ1) is 18.5. The maximum atomic E-state index is 12.7. The van der Waals surface area contributed by atoms with Crippen molar-refractivity contribution >= 4 is 15.8 Å². The molecule has 0 unspecified atom stereocenters. The normalized spacial score (nSPS) is 11.8. The highest BCUT2D eigenvalue weighted by Gasteiger charge is 2.31. The molecule has 2 aromatic carbocycles. The monoisotopic (exact) mass is 377 g/mol. The van der Waals surface area contributed by atoms with Crippen LogP contribution in [0.1, 0.15) is 5.56 Å². The lowest BCUT2D eigenvalue weighted by molar-refractivity contribution is -0.386. The molecule has 0 fully saturated rings. The van der Waals surface area contributed by atoms with E-state index in [1.807, 2.05) is 0 Å². The minimum Gasteiger partial charge on any atom is -0.490 e. The zero-order valence-corrected chi connectivity index (χ0v) is 13.3. The van der Waals surface area contributed by atoms with Gasteiger partial charge in [-0.3, -0.25) is 10.1 Å². The average molecular weight is 377 g/mol. The van der Waals surface area contributed by atoms with Gasteiger partial charge in [0.1, 0.15) is 10.6 Å². The zero-order chi connectivity index (χ0) is 18.8. The predicted molar refractivity (Wildman–Crippen MR) is 78.9 cm³/mol. The lowest BCUT2D eigenvalue weighted by Crippen LogP contribution is -2.11. The van der Waals surface area contributed by atoms with Crippen LogP contribution in [0.4, 0.5) is 18.9 Å². The third kappa shape index (κ3) is 4.18. The van der Waals surface area contributed by atoms with Crippen molar-refractivity contribution in [2.24, 2.45) is 0 Å².